The number of carbonyl (C=O) groups is 1. The lowest BCUT2D eigenvalue weighted by Crippen LogP contribution is -2.14. The molecule has 2 heterocycles. The summed E-state index contributed by atoms with van der Waals surface area (Å²) in [6, 6.07) is 10.1. The molecule has 3 rings (SSSR count). The number of nitrogens with zero attached hydrogens (tertiary/aromatic N) is 3. The van der Waals surface area contributed by atoms with Crippen LogP contribution in [0.15, 0.2) is 47.0 Å². The highest BCUT2D eigenvalue weighted by Crippen LogP contribution is 2.22. The molecule has 0 unspecified atom stereocenters. The lowest BCUT2D eigenvalue weighted by Gasteiger charge is -2.07. The number of anilines is 1. The Balaban J connectivity index is 1.77. The third kappa shape index (κ3) is 3.52. The van der Waals surface area contributed by atoms with Gasteiger partial charge in [-0.05, 0) is 43.3 Å². The standard InChI is InChI=1S/C16H13ClN4O3/c1-2-23-15-12(4-3-9-18-15)13(22)19-16-21-20-14(24-16)10-5-7-11(17)8-6-10/h3-9H,2H2,1H3,(H,19,21,22). The van der Waals surface area contributed by atoms with Crippen LogP contribution in [0.2, 0.25) is 5.02 Å². The molecule has 0 aliphatic rings. The highest BCUT2D eigenvalue weighted by molar-refractivity contribution is 6.30. The average Bonchev–Trinajstić information content (AvgIpc) is 3.05. The van der Waals surface area contributed by atoms with Crippen LogP contribution < -0.4 is 10.1 Å². The SMILES string of the molecule is CCOc1ncccc1C(=O)Nc1nnc(-c2ccc(Cl)cc2)o1. The van der Waals surface area contributed by atoms with Crippen molar-refractivity contribution in [3.05, 3.63) is 53.2 Å². The highest BCUT2D eigenvalue weighted by atomic mass is 35.5. The molecule has 122 valence electrons. The zero-order valence-electron chi connectivity index (χ0n) is 12.7. The highest BCUT2D eigenvalue weighted by Gasteiger charge is 2.17. The molecular weight excluding hydrogens is 332 g/mol. The molecule has 0 saturated heterocycles. The molecule has 1 aromatic carbocycles. The minimum absolute atomic E-state index is 0.0174. The maximum atomic E-state index is 12.3. The number of halogens is 1. The van der Waals surface area contributed by atoms with Crippen molar-refractivity contribution in [2.45, 2.75) is 6.92 Å². The number of nitrogens with one attached hydrogen (secondary N) is 1. The zero-order valence-corrected chi connectivity index (χ0v) is 13.4. The van der Waals surface area contributed by atoms with E-state index in [2.05, 4.69) is 20.5 Å². The maximum Gasteiger partial charge on any atom is 0.322 e. The van der Waals surface area contributed by atoms with Crippen LogP contribution in [0.5, 0.6) is 5.88 Å². The Morgan fingerprint density at radius 1 is 1.25 bits per heavy atom. The predicted octanol–water partition coefficient (Wildman–Crippen LogP) is 3.44. The molecule has 0 aliphatic carbocycles. The van der Waals surface area contributed by atoms with Crippen molar-refractivity contribution >= 4 is 23.5 Å². The quantitative estimate of drug-likeness (QED) is 0.762. The Morgan fingerprint density at radius 3 is 2.79 bits per heavy atom. The van der Waals surface area contributed by atoms with Gasteiger partial charge in [-0.15, -0.1) is 5.10 Å². The molecule has 1 N–H and O–H groups in total. The Kier molecular flexibility index (Phi) is 4.72. The van der Waals surface area contributed by atoms with E-state index in [1.54, 1.807) is 42.6 Å². The molecule has 0 bridgehead atoms. The van der Waals surface area contributed by atoms with Crippen LogP contribution in [0.3, 0.4) is 0 Å². The van der Waals surface area contributed by atoms with E-state index in [0.29, 0.717) is 17.2 Å². The van der Waals surface area contributed by atoms with Gasteiger partial charge in [0.15, 0.2) is 0 Å². The van der Waals surface area contributed by atoms with Crippen molar-refractivity contribution in [3.63, 3.8) is 0 Å². The predicted molar refractivity (Wildman–Crippen MR) is 88.1 cm³/mol. The van der Waals surface area contributed by atoms with Gasteiger partial charge in [0.05, 0.1) is 6.61 Å². The molecule has 0 spiro atoms. The fourth-order valence-electron chi connectivity index (χ4n) is 1.96. The Hall–Kier alpha value is -2.93. The van der Waals surface area contributed by atoms with E-state index in [1.807, 2.05) is 6.92 Å². The van der Waals surface area contributed by atoms with Crippen molar-refractivity contribution in [2.75, 3.05) is 11.9 Å². The van der Waals surface area contributed by atoms with Crippen LogP contribution in [0.1, 0.15) is 17.3 Å². The van der Waals surface area contributed by atoms with Crippen LogP contribution in [-0.2, 0) is 0 Å². The first kappa shape index (κ1) is 15.9. The minimum atomic E-state index is -0.446. The Bertz CT molecular complexity index is 849. The van der Waals surface area contributed by atoms with Crippen molar-refractivity contribution in [1.29, 1.82) is 0 Å². The molecule has 7 nitrogen and oxygen atoms in total. The van der Waals surface area contributed by atoms with E-state index in [-0.39, 0.29) is 23.3 Å². The second-order valence-electron chi connectivity index (χ2n) is 4.66. The number of amides is 1. The number of carbonyl (C=O) groups excluding carboxylic acids is 1. The third-order valence-corrected chi connectivity index (χ3v) is 3.29. The number of hydrogen-bond donors (Lipinski definition) is 1. The van der Waals surface area contributed by atoms with E-state index in [1.165, 1.54) is 0 Å². The number of pyridine rings is 1. The first-order chi connectivity index (χ1) is 11.7. The van der Waals surface area contributed by atoms with Gasteiger partial charge in [0.2, 0.25) is 11.8 Å². The first-order valence-corrected chi connectivity index (χ1v) is 7.53. The fraction of sp³-hybridized carbons (Fsp3) is 0.125. The maximum absolute atomic E-state index is 12.3. The van der Waals surface area contributed by atoms with Crippen LogP contribution in [0.4, 0.5) is 6.01 Å². The van der Waals surface area contributed by atoms with Crippen LogP contribution in [0, 0.1) is 0 Å². The number of aromatic nitrogens is 3. The molecule has 1 amide bonds. The largest absolute Gasteiger partial charge is 0.477 e. The molecular formula is C16H13ClN4O3. The molecule has 24 heavy (non-hydrogen) atoms. The summed E-state index contributed by atoms with van der Waals surface area (Å²) in [7, 11) is 0. The summed E-state index contributed by atoms with van der Waals surface area (Å²) in [5.74, 6) is 0.0750. The summed E-state index contributed by atoms with van der Waals surface area (Å²) in [5.41, 5.74) is 0.981. The van der Waals surface area contributed by atoms with Gasteiger partial charge in [-0.1, -0.05) is 16.7 Å². The number of rotatable bonds is 5. The summed E-state index contributed by atoms with van der Waals surface area (Å²) in [6.45, 7) is 2.21. The zero-order chi connectivity index (χ0) is 16.9. The second-order valence-corrected chi connectivity index (χ2v) is 5.10. The van der Waals surface area contributed by atoms with Crippen LogP contribution in [0.25, 0.3) is 11.5 Å². The van der Waals surface area contributed by atoms with Gasteiger partial charge in [-0.25, -0.2) is 4.98 Å². The summed E-state index contributed by atoms with van der Waals surface area (Å²) >= 11 is 5.84. The molecule has 0 aliphatic heterocycles. The van der Waals surface area contributed by atoms with Gasteiger partial charge in [-0.3, -0.25) is 10.1 Å². The normalized spacial score (nSPS) is 10.4. The second kappa shape index (κ2) is 7.10. The number of ether oxygens (including phenoxy) is 1. The van der Waals surface area contributed by atoms with Gasteiger partial charge in [-0.2, -0.15) is 0 Å². The third-order valence-electron chi connectivity index (χ3n) is 3.03. The van der Waals surface area contributed by atoms with Crippen molar-refractivity contribution in [3.8, 4) is 17.3 Å². The molecule has 2 aromatic heterocycles. The van der Waals surface area contributed by atoms with Crippen molar-refractivity contribution < 1.29 is 13.9 Å². The van der Waals surface area contributed by atoms with Gasteiger partial charge >= 0.3 is 6.01 Å². The summed E-state index contributed by atoms with van der Waals surface area (Å²) in [6.07, 6.45) is 1.55. The molecule has 0 saturated carbocycles. The van der Waals surface area contributed by atoms with E-state index < -0.39 is 5.91 Å². The number of benzene rings is 1. The topological polar surface area (TPSA) is 90.1 Å². The lowest BCUT2D eigenvalue weighted by atomic mass is 10.2. The number of hydrogen-bond acceptors (Lipinski definition) is 6. The van der Waals surface area contributed by atoms with Gasteiger partial charge < -0.3 is 9.15 Å². The average molecular weight is 345 g/mol. The molecule has 8 heteroatoms. The van der Waals surface area contributed by atoms with Gasteiger partial charge in [0.1, 0.15) is 5.56 Å². The smallest absolute Gasteiger partial charge is 0.322 e. The van der Waals surface area contributed by atoms with E-state index in [9.17, 15) is 4.79 Å². The summed E-state index contributed by atoms with van der Waals surface area (Å²) in [5, 5.41) is 10.9. The summed E-state index contributed by atoms with van der Waals surface area (Å²) < 4.78 is 10.8. The molecule has 0 fully saturated rings. The minimum Gasteiger partial charge on any atom is -0.477 e. The van der Waals surface area contributed by atoms with E-state index in [0.717, 1.165) is 0 Å². The Morgan fingerprint density at radius 2 is 2.04 bits per heavy atom. The van der Waals surface area contributed by atoms with Crippen molar-refractivity contribution in [1.82, 2.24) is 15.2 Å². The van der Waals surface area contributed by atoms with Crippen molar-refractivity contribution in [2.24, 2.45) is 0 Å². The monoisotopic (exact) mass is 344 g/mol. The van der Waals surface area contributed by atoms with Crippen LogP contribution in [-0.4, -0.2) is 27.7 Å². The van der Waals surface area contributed by atoms with Crippen LogP contribution >= 0.6 is 11.6 Å². The van der Waals surface area contributed by atoms with Gasteiger partial charge in [0.25, 0.3) is 5.91 Å². The van der Waals surface area contributed by atoms with E-state index >= 15 is 0 Å². The van der Waals surface area contributed by atoms with Gasteiger partial charge in [0, 0.05) is 16.8 Å². The Labute approximate surface area is 142 Å². The molecule has 0 radical (unpaired) electrons. The fourth-order valence-corrected chi connectivity index (χ4v) is 2.09. The van der Waals surface area contributed by atoms with E-state index in [4.69, 9.17) is 20.8 Å². The lowest BCUT2D eigenvalue weighted by molar-refractivity contribution is 0.101. The molecule has 3 aromatic rings. The first-order valence-electron chi connectivity index (χ1n) is 7.16. The molecule has 0 atom stereocenters. The summed E-state index contributed by atoms with van der Waals surface area (Å²) in [4.78, 5) is 16.4.